The minimum absolute atomic E-state index is 0.259. The number of carbonyl (C=O) groups is 1. The van der Waals surface area contributed by atoms with Crippen molar-refractivity contribution in [2.24, 2.45) is 0 Å². The van der Waals surface area contributed by atoms with E-state index in [9.17, 15) is 4.79 Å². The molecule has 7 nitrogen and oxygen atoms in total. The molecule has 0 saturated carbocycles. The summed E-state index contributed by atoms with van der Waals surface area (Å²) >= 11 is 0. The smallest absolute Gasteiger partial charge is 0.277 e. The van der Waals surface area contributed by atoms with Crippen LogP contribution in [0, 0.1) is 0 Å². The summed E-state index contributed by atoms with van der Waals surface area (Å²) in [6.45, 7) is 0.332. The van der Waals surface area contributed by atoms with Gasteiger partial charge in [-0.05, 0) is 24.3 Å². The highest BCUT2D eigenvalue weighted by atomic mass is 16.7. The molecule has 2 aromatic rings. The molecule has 7 heteroatoms. The Morgan fingerprint density at radius 1 is 1.25 bits per heavy atom. The van der Waals surface area contributed by atoms with Gasteiger partial charge in [0.05, 0.1) is 14.2 Å². The van der Waals surface area contributed by atoms with Crippen molar-refractivity contribution in [3.63, 3.8) is 0 Å². The second kappa shape index (κ2) is 6.76. The third-order valence-electron chi connectivity index (χ3n) is 3.75. The summed E-state index contributed by atoms with van der Waals surface area (Å²) in [5.74, 6) is 1.40. The summed E-state index contributed by atoms with van der Waals surface area (Å²) in [5, 5.41) is 1.15. The predicted molar refractivity (Wildman–Crippen MR) is 85.2 cm³/mol. The fourth-order valence-corrected chi connectivity index (χ4v) is 2.34. The Morgan fingerprint density at radius 3 is 2.75 bits per heavy atom. The van der Waals surface area contributed by atoms with Gasteiger partial charge in [0.25, 0.3) is 5.91 Å². The van der Waals surface area contributed by atoms with E-state index in [2.05, 4.69) is 4.98 Å². The lowest BCUT2D eigenvalue weighted by atomic mass is 10.1. The van der Waals surface area contributed by atoms with Crippen molar-refractivity contribution in [3.8, 4) is 17.4 Å². The largest absolute Gasteiger partial charge is 0.485 e. The second-order valence-electron chi connectivity index (χ2n) is 5.20. The van der Waals surface area contributed by atoms with Crippen molar-refractivity contribution in [1.29, 1.82) is 0 Å². The van der Waals surface area contributed by atoms with Gasteiger partial charge in [-0.2, -0.15) is 0 Å². The lowest BCUT2D eigenvalue weighted by Gasteiger charge is -2.27. The van der Waals surface area contributed by atoms with Crippen LogP contribution < -0.4 is 14.2 Å². The Balaban J connectivity index is 1.77. The molecule has 0 bridgehead atoms. The topological polar surface area (TPSA) is 70.1 Å². The molecule has 2 heterocycles. The van der Waals surface area contributed by atoms with Gasteiger partial charge in [-0.3, -0.25) is 9.63 Å². The maximum atomic E-state index is 12.1. The van der Waals surface area contributed by atoms with E-state index in [4.69, 9.17) is 19.0 Å². The number of ether oxygens (including phenoxy) is 3. The van der Waals surface area contributed by atoms with Gasteiger partial charge in [0.2, 0.25) is 5.88 Å². The van der Waals surface area contributed by atoms with E-state index in [1.807, 2.05) is 6.07 Å². The van der Waals surface area contributed by atoms with Gasteiger partial charge in [-0.25, -0.2) is 10.0 Å². The quantitative estimate of drug-likeness (QED) is 0.801. The standard InChI is InChI=1S/C17H18N2O5/c1-19(22-3)17(20)11-4-6-13-14(8-11)23-10-15(24-13)12-5-7-16(21-2)18-9-12/h4-9,15H,10H2,1-3H3. The van der Waals surface area contributed by atoms with Gasteiger partial charge in [0.1, 0.15) is 6.61 Å². The fraction of sp³-hybridized carbons (Fsp3) is 0.294. The second-order valence-corrected chi connectivity index (χ2v) is 5.20. The van der Waals surface area contributed by atoms with Gasteiger partial charge < -0.3 is 14.2 Å². The van der Waals surface area contributed by atoms with Crippen LogP contribution in [0.3, 0.4) is 0 Å². The summed E-state index contributed by atoms with van der Waals surface area (Å²) in [4.78, 5) is 21.2. The molecule has 0 radical (unpaired) electrons. The zero-order valence-electron chi connectivity index (χ0n) is 13.7. The van der Waals surface area contributed by atoms with E-state index in [0.717, 1.165) is 10.6 Å². The van der Waals surface area contributed by atoms with Gasteiger partial charge >= 0.3 is 0 Å². The van der Waals surface area contributed by atoms with Crippen LogP contribution in [0.25, 0.3) is 0 Å². The van der Waals surface area contributed by atoms with Crippen LogP contribution in [-0.2, 0) is 4.84 Å². The zero-order valence-corrected chi connectivity index (χ0v) is 13.7. The monoisotopic (exact) mass is 330 g/mol. The number of fused-ring (bicyclic) bond motifs is 1. The number of hydrogen-bond acceptors (Lipinski definition) is 6. The Kier molecular flexibility index (Phi) is 4.52. The number of methoxy groups -OCH3 is 1. The van der Waals surface area contributed by atoms with Gasteiger partial charge in [-0.1, -0.05) is 0 Å². The number of aromatic nitrogens is 1. The Morgan fingerprint density at radius 2 is 2.08 bits per heavy atom. The number of pyridine rings is 1. The molecule has 1 unspecified atom stereocenters. The van der Waals surface area contributed by atoms with Crippen molar-refractivity contribution < 1.29 is 23.8 Å². The zero-order chi connectivity index (χ0) is 17.1. The molecular weight excluding hydrogens is 312 g/mol. The first-order valence-corrected chi connectivity index (χ1v) is 7.38. The number of amides is 1. The fourth-order valence-electron chi connectivity index (χ4n) is 2.34. The van der Waals surface area contributed by atoms with Crippen molar-refractivity contribution in [3.05, 3.63) is 47.7 Å². The lowest BCUT2D eigenvalue weighted by Crippen LogP contribution is -2.26. The third kappa shape index (κ3) is 3.11. The molecule has 1 aliphatic heterocycles. The van der Waals surface area contributed by atoms with Crippen LogP contribution in [0.1, 0.15) is 22.0 Å². The van der Waals surface area contributed by atoms with Crippen molar-refractivity contribution in [2.75, 3.05) is 27.9 Å². The molecule has 1 aromatic carbocycles. The summed E-state index contributed by atoms with van der Waals surface area (Å²) in [7, 11) is 4.55. The molecule has 3 rings (SSSR count). The molecule has 0 N–H and O–H groups in total. The molecule has 126 valence electrons. The van der Waals surface area contributed by atoms with E-state index in [0.29, 0.717) is 29.5 Å². The van der Waals surface area contributed by atoms with Crippen molar-refractivity contribution >= 4 is 5.91 Å². The third-order valence-corrected chi connectivity index (χ3v) is 3.75. The molecule has 0 saturated heterocycles. The van der Waals surface area contributed by atoms with Gasteiger partial charge in [0, 0.05) is 30.4 Å². The van der Waals surface area contributed by atoms with Gasteiger partial charge in [0.15, 0.2) is 17.6 Å². The number of nitrogens with zero attached hydrogens (tertiary/aromatic N) is 2. The predicted octanol–water partition coefficient (Wildman–Crippen LogP) is 2.24. The average molecular weight is 330 g/mol. The highest BCUT2D eigenvalue weighted by Gasteiger charge is 2.24. The van der Waals surface area contributed by atoms with E-state index < -0.39 is 0 Å². The number of benzene rings is 1. The van der Waals surface area contributed by atoms with Crippen LogP contribution in [0.2, 0.25) is 0 Å². The number of hydrogen-bond donors (Lipinski definition) is 0. The summed E-state index contributed by atoms with van der Waals surface area (Å²) in [6.07, 6.45) is 1.43. The van der Waals surface area contributed by atoms with Crippen molar-refractivity contribution in [1.82, 2.24) is 10.0 Å². The molecule has 0 aliphatic carbocycles. The molecule has 0 fully saturated rings. The molecule has 1 aliphatic rings. The minimum Gasteiger partial charge on any atom is -0.485 e. The van der Waals surface area contributed by atoms with E-state index in [1.54, 1.807) is 44.6 Å². The first-order chi connectivity index (χ1) is 11.6. The SMILES string of the molecule is COc1ccc(C2COc3cc(C(=O)N(C)OC)ccc3O2)cn1. The number of carbonyl (C=O) groups excluding carboxylic acids is 1. The van der Waals surface area contributed by atoms with E-state index >= 15 is 0 Å². The molecule has 24 heavy (non-hydrogen) atoms. The molecular formula is C17H18N2O5. The Labute approximate surface area is 139 Å². The minimum atomic E-state index is -0.265. The maximum Gasteiger partial charge on any atom is 0.277 e. The van der Waals surface area contributed by atoms with E-state index in [-0.39, 0.29) is 12.0 Å². The van der Waals surface area contributed by atoms with Crippen LogP contribution in [-0.4, -0.2) is 43.8 Å². The average Bonchev–Trinajstić information content (AvgIpc) is 2.66. The molecule has 1 atom stereocenters. The maximum absolute atomic E-state index is 12.1. The van der Waals surface area contributed by atoms with Crippen molar-refractivity contribution in [2.45, 2.75) is 6.10 Å². The number of rotatable bonds is 4. The van der Waals surface area contributed by atoms with Crippen LogP contribution >= 0.6 is 0 Å². The summed E-state index contributed by atoms with van der Waals surface area (Å²) in [5.41, 5.74) is 1.35. The molecule has 1 aromatic heterocycles. The Hall–Kier alpha value is -2.80. The summed E-state index contributed by atoms with van der Waals surface area (Å²) in [6, 6.07) is 8.70. The lowest BCUT2D eigenvalue weighted by molar-refractivity contribution is -0.0757. The Bertz CT molecular complexity index is 732. The summed E-state index contributed by atoms with van der Waals surface area (Å²) < 4.78 is 16.8. The first-order valence-electron chi connectivity index (χ1n) is 7.38. The highest BCUT2D eigenvalue weighted by molar-refractivity contribution is 5.94. The normalized spacial score (nSPS) is 15.7. The van der Waals surface area contributed by atoms with Crippen LogP contribution in [0.15, 0.2) is 36.5 Å². The van der Waals surface area contributed by atoms with E-state index in [1.165, 1.54) is 7.11 Å². The molecule has 0 spiro atoms. The van der Waals surface area contributed by atoms with Gasteiger partial charge in [-0.15, -0.1) is 0 Å². The van der Waals surface area contributed by atoms with Crippen LogP contribution in [0.4, 0.5) is 0 Å². The number of hydroxylamine groups is 2. The van der Waals surface area contributed by atoms with Crippen LogP contribution in [0.5, 0.6) is 17.4 Å². The molecule has 1 amide bonds. The first kappa shape index (κ1) is 16.1. The highest BCUT2D eigenvalue weighted by Crippen LogP contribution is 2.37.